The van der Waals surface area contributed by atoms with Crippen molar-refractivity contribution in [2.75, 3.05) is 0 Å². The van der Waals surface area contributed by atoms with Crippen molar-refractivity contribution in [1.29, 1.82) is 0 Å². The molecule has 0 aliphatic carbocycles. The summed E-state index contributed by atoms with van der Waals surface area (Å²) in [5.74, 6) is -4.51. The number of hydrogen-bond acceptors (Lipinski definition) is 5. The molecule has 1 atom stereocenters. The highest BCUT2D eigenvalue weighted by atomic mass is 35.5. The maximum atomic E-state index is 14.9. The molecule has 2 aromatic carbocycles. The first-order chi connectivity index (χ1) is 19.8. The first kappa shape index (κ1) is 33.2. The molecule has 0 spiro atoms. The fraction of sp³-hybridized carbons (Fsp3) is 0.286. The van der Waals surface area contributed by atoms with Gasteiger partial charge in [-0.15, -0.1) is 0 Å². The Balaban J connectivity index is 2.04. The van der Waals surface area contributed by atoms with Gasteiger partial charge in [-0.25, -0.2) is 9.59 Å². The molecule has 1 aromatic heterocycles. The zero-order valence-electron chi connectivity index (χ0n) is 23.1. The van der Waals surface area contributed by atoms with Gasteiger partial charge in [0.15, 0.2) is 0 Å². The highest BCUT2D eigenvalue weighted by Gasteiger charge is 2.61. The van der Waals surface area contributed by atoms with Crippen molar-refractivity contribution >= 4 is 28.6 Å². The fourth-order valence-electron chi connectivity index (χ4n) is 4.53. The molecule has 0 saturated heterocycles. The molecule has 0 amide bonds. The third-order valence-electron chi connectivity index (χ3n) is 6.66. The number of ether oxygens (including phenoxy) is 2. The van der Waals surface area contributed by atoms with Crippen LogP contribution in [0.1, 0.15) is 19.4 Å². The van der Waals surface area contributed by atoms with Crippen LogP contribution < -0.4 is 20.9 Å². The number of allylic oxidation sites excluding steroid dienone is 1. The van der Waals surface area contributed by atoms with Gasteiger partial charge in [-0.1, -0.05) is 38.1 Å². The van der Waals surface area contributed by atoms with Crippen molar-refractivity contribution in [2.24, 2.45) is 25.7 Å². The van der Waals surface area contributed by atoms with Crippen molar-refractivity contribution in [3.63, 3.8) is 0 Å². The Hall–Kier alpha value is -4.33. The lowest BCUT2D eigenvalue weighted by atomic mass is 9.82. The van der Waals surface area contributed by atoms with Gasteiger partial charge in [0.05, 0.1) is 27.2 Å². The molecule has 3 N–H and O–H groups in total. The number of benzene rings is 2. The highest BCUT2D eigenvalue weighted by Crippen LogP contribution is 2.49. The van der Waals surface area contributed by atoms with Crippen molar-refractivity contribution in [1.82, 2.24) is 9.13 Å². The zero-order chi connectivity index (χ0) is 32.7. The van der Waals surface area contributed by atoms with Gasteiger partial charge < -0.3 is 20.3 Å². The number of nitrogens with two attached hydrogens (primary N) is 1. The maximum absolute atomic E-state index is 14.9. The molecule has 0 bridgehead atoms. The number of aryl methyl sites for hydroxylation is 2. The number of imidazole rings is 1. The van der Waals surface area contributed by atoms with Gasteiger partial charge in [0.2, 0.25) is 5.60 Å². The number of carbonyl (C=O) groups is 1. The van der Waals surface area contributed by atoms with E-state index in [0.29, 0.717) is 11.6 Å². The van der Waals surface area contributed by atoms with Gasteiger partial charge in [-0.2, -0.15) is 26.3 Å². The number of aliphatic carboxylic acids is 1. The number of alkyl halides is 6. The van der Waals surface area contributed by atoms with Gasteiger partial charge in [0.25, 0.3) is 0 Å². The fourth-order valence-corrected chi connectivity index (χ4v) is 4.74. The van der Waals surface area contributed by atoms with Crippen LogP contribution in [0.25, 0.3) is 11.0 Å². The predicted octanol–water partition coefficient (Wildman–Crippen LogP) is 6.33. The molecule has 8 nitrogen and oxygen atoms in total. The van der Waals surface area contributed by atoms with Crippen LogP contribution in [-0.2, 0) is 24.5 Å². The van der Waals surface area contributed by atoms with E-state index in [1.807, 2.05) is 0 Å². The summed E-state index contributed by atoms with van der Waals surface area (Å²) in [5.41, 5.74) is -0.933. The third-order valence-corrected chi connectivity index (χ3v) is 6.95. The van der Waals surface area contributed by atoms with Crippen molar-refractivity contribution < 1.29 is 45.7 Å². The summed E-state index contributed by atoms with van der Waals surface area (Å²) in [7, 11) is 2.91. The average Bonchev–Trinajstić information content (AvgIpc) is 3.09. The minimum Gasteiger partial charge on any atom is -0.478 e. The van der Waals surface area contributed by atoms with Gasteiger partial charge in [0, 0.05) is 37.8 Å². The van der Waals surface area contributed by atoms with Crippen LogP contribution in [0.4, 0.5) is 26.3 Å². The second kappa shape index (κ2) is 11.7. The van der Waals surface area contributed by atoms with Crippen LogP contribution in [-0.4, -0.2) is 32.6 Å². The lowest BCUT2D eigenvalue weighted by molar-refractivity contribution is -0.270. The minimum atomic E-state index is -5.14. The molecular formula is C28H26ClF6N3O5. The van der Waals surface area contributed by atoms with Gasteiger partial charge in [0.1, 0.15) is 17.3 Å². The number of carboxylic acid groups (broad SMARTS) is 1. The topological polar surface area (TPSA) is 109 Å². The Labute approximate surface area is 245 Å². The molecule has 0 fully saturated rings. The lowest BCUT2D eigenvalue weighted by Crippen LogP contribution is -2.51. The second-order valence-corrected chi connectivity index (χ2v) is 10.1. The standard InChI is InChI=1S/C28H26ClF6N3O5/c1-14(2)26(28(33,34)35,16-6-8-21-22(11-16)38(5)25(41)37(21)4)43-23-9-7-17(12-20(23)29)42-15(3)10-19(27(30,31)32)18(13-36)24(39)40/h6-14H,3,36H2,1-2,4-5H3,(H,39,40)/b18-13+,19-10+/t26-/m0/s1. The molecule has 15 heteroatoms. The van der Waals surface area contributed by atoms with E-state index in [2.05, 4.69) is 6.58 Å². The van der Waals surface area contributed by atoms with Crippen LogP contribution in [0, 0.1) is 5.92 Å². The zero-order valence-corrected chi connectivity index (χ0v) is 23.9. The maximum Gasteiger partial charge on any atom is 0.432 e. The number of aromatic nitrogens is 2. The van der Waals surface area contributed by atoms with E-state index < -0.39 is 58.2 Å². The SMILES string of the molecule is C=C(/C=C(\C(=C/N)C(=O)O)C(F)(F)F)Oc1ccc(O[C@](c2ccc3c(c2)n(C)c(=O)n3C)(C(C)C)C(F)(F)F)c(Cl)c1. The predicted molar refractivity (Wildman–Crippen MR) is 147 cm³/mol. The second-order valence-electron chi connectivity index (χ2n) is 9.70. The van der Waals surface area contributed by atoms with E-state index in [4.69, 9.17) is 31.9 Å². The van der Waals surface area contributed by atoms with E-state index in [-0.39, 0.29) is 28.1 Å². The van der Waals surface area contributed by atoms with Crippen LogP contribution in [0.15, 0.2) is 77.0 Å². The molecule has 0 aliphatic heterocycles. The van der Waals surface area contributed by atoms with Gasteiger partial charge in [-0.3, -0.25) is 9.13 Å². The molecule has 0 aliphatic rings. The molecule has 0 radical (unpaired) electrons. The minimum absolute atomic E-state index is 0.234. The molecule has 0 unspecified atom stereocenters. The number of rotatable bonds is 9. The van der Waals surface area contributed by atoms with E-state index in [1.165, 1.54) is 55.3 Å². The molecule has 0 saturated carbocycles. The normalized spacial score (nSPS) is 14.6. The number of halogens is 7. The van der Waals surface area contributed by atoms with E-state index in [0.717, 1.165) is 18.2 Å². The molecular weight excluding hydrogens is 608 g/mol. The third kappa shape index (κ3) is 6.24. The summed E-state index contributed by atoms with van der Waals surface area (Å²) < 4.78 is 98.4. The smallest absolute Gasteiger partial charge is 0.432 e. The van der Waals surface area contributed by atoms with Crippen molar-refractivity contribution in [3.05, 3.63) is 93.2 Å². The molecule has 3 aromatic rings. The molecule has 3 rings (SSSR count). The largest absolute Gasteiger partial charge is 0.478 e. The summed E-state index contributed by atoms with van der Waals surface area (Å²) in [6.45, 7) is 5.91. The average molecular weight is 634 g/mol. The van der Waals surface area contributed by atoms with E-state index >= 15 is 0 Å². The Kier molecular flexibility index (Phi) is 9.06. The molecule has 43 heavy (non-hydrogen) atoms. The van der Waals surface area contributed by atoms with Crippen LogP contribution in [0.5, 0.6) is 11.5 Å². The first-order valence-corrected chi connectivity index (χ1v) is 12.7. The van der Waals surface area contributed by atoms with Crippen molar-refractivity contribution in [2.45, 2.75) is 31.8 Å². The lowest BCUT2D eigenvalue weighted by Gasteiger charge is -2.40. The number of carboxylic acids is 1. The highest BCUT2D eigenvalue weighted by molar-refractivity contribution is 6.32. The van der Waals surface area contributed by atoms with Crippen LogP contribution in [0.3, 0.4) is 0 Å². The quantitative estimate of drug-likeness (QED) is 0.123. The Morgan fingerprint density at radius 2 is 1.65 bits per heavy atom. The monoisotopic (exact) mass is 633 g/mol. The number of nitrogens with zero attached hydrogens (tertiary/aromatic N) is 2. The first-order valence-electron chi connectivity index (χ1n) is 12.3. The van der Waals surface area contributed by atoms with Gasteiger partial charge >= 0.3 is 24.0 Å². The summed E-state index contributed by atoms with van der Waals surface area (Å²) >= 11 is 6.25. The number of fused-ring (bicyclic) bond motifs is 1. The Morgan fingerprint density at radius 1 is 1.05 bits per heavy atom. The molecule has 1 heterocycles. The van der Waals surface area contributed by atoms with Crippen molar-refractivity contribution in [3.8, 4) is 11.5 Å². The summed E-state index contributed by atoms with van der Waals surface area (Å²) in [6, 6.07) is 6.89. The van der Waals surface area contributed by atoms with E-state index in [1.54, 1.807) is 0 Å². The van der Waals surface area contributed by atoms with Gasteiger partial charge in [-0.05, 0) is 30.3 Å². The Morgan fingerprint density at radius 3 is 2.14 bits per heavy atom. The van der Waals surface area contributed by atoms with E-state index in [9.17, 15) is 35.9 Å². The molecule has 232 valence electrons. The number of hydrogen-bond donors (Lipinski definition) is 2. The van der Waals surface area contributed by atoms with Crippen LogP contribution in [0.2, 0.25) is 5.02 Å². The van der Waals surface area contributed by atoms with Crippen LogP contribution >= 0.6 is 11.6 Å². The summed E-state index contributed by atoms with van der Waals surface area (Å²) in [6.07, 6.45) is -9.58. The summed E-state index contributed by atoms with van der Waals surface area (Å²) in [4.78, 5) is 23.5. The summed E-state index contributed by atoms with van der Waals surface area (Å²) in [5, 5.41) is 8.65. The Bertz CT molecular complexity index is 1700.